The molecule has 212 valence electrons. The van der Waals surface area contributed by atoms with Crippen LogP contribution in [0.25, 0.3) is 60.6 Å². The Morgan fingerprint density at radius 3 is 1.87 bits per heavy atom. The smallest absolute Gasteiger partial charge is 0.137 e. The zero-order chi connectivity index (χ0) is 29.7. The highest BCUT2D eigenvalue weighted by atomic mass is 16.3. The molecular formula is C42H28N2O. The molecule has 2 heterocycles. The number of hydrogen-bond donors (Lipinski definition) is 0. The molecule has 0 aliphatic carbocycles. The SMILES string of the molecule is c1ccc(N(c2ccc(-c3cccc4c5ccccc5n(-c5ccccc5)c34)cc2)c2ccc3c(c2)oc2ccccc23)cc1. The summed E-state index contributed by atoms with van der Waals surface area (Å²) in [5.41, 5.74) is 11.0. The molecule has 0 amide bonds. The highest BCUT2D eigenvalue weighted by Gasteiger charge is 2.18. The Morgan fingerprint density at radius 1 is 0.422 bits per heavy atom. The molecule has 0 atom stereocenters. The van der Waals surface area contributed by atoms with Crippen molar-refractivity contribution in [2.45, 2.75) is 0 Å². The van der Waals surface area contributed by atoms with E-state index in [1.807, 2.05) is 12.1 Å². The fourth-order valence-corrected chi connectivity index (χ4v) is 6.76. The van der Waals surface area contributed by atoms with E-state index in [0.717, 1.165) is 44.7 Å². The Hall–Kier alpha value is -6.06. The van der Waals surface area contributed by atoms with Gasteiger partial charge in [-0.15, -0.1) is 0 Å². The lowest BCUT2D eigenvalue weighted by molar-refractivity contribution is 0.669. The van der Waals surface area contributed by atoms with Crippen molar-refractivity contribution in [1.82, 2.24) is 4.57 Å². The quantitative estimate of drug-likeness (QED) is 0.203. The van der Waals surface area contributed by atoms with Crippen molar-refractivity contribution in [2.75, 3.05) is 4.90 Å². The predicted molar refractivity (Wildman–Crippen MR) is 188 cm³/mol. The molecule has 7 aromatic carbocycles. The third-order valence-electron chi connectivity index (χ3n) is 8.78. The number of anilines is 3. The van der Waals surface area contributed by atoms with E-state index >= 15 is 0 Å². The molecular weight excluding hydrogens is 548 g/mol. The second kappa shape index (κ2) is 10.3. The van der Waals surface area contributed by atoms with Crippen LogP contribution in [0.3, 0.4) is 0 Å². The van der Waals surface area contributed by atoms with Crippen LogP contribution in [0, 0.1) is 0 Å². The number of hydrogen-bond acceptors (Lipinski definition) is 2. The van der Waals surface area contributed by atoms with Gasteiger partial charge in [-0.05, 0) is 66.2 Å². The van der Waals surface area contributed by atoms with Crippen LogP contribution in [0.15, 0.2) is 174 Å². The van der Waals surface area contributed by atoms with E-state index in [9.17, 15) is 0 Å². The molecule has 2 aromatic heterocycles. The number of fused-ring (bicyclic) bond motifs is 6. The lowest BCUT2D eigenvalue weighted by Crippen LogP contribution is -2.09. The van der Waals surface area contributed by atoms with Gasteiger partial charge in [-0.25, -0.2) is 0 Å². The van der Waals surface area contributed by atoms with Crippen LogP contribution in [-0.4, -0.2) is 4.57 Å². The van der Waals surface area contributed by atoms with Crippen LogP contribution in [0.1, 0.15) is 0 Å². The molecule has 9 aromatic rings. The number of para-hydroxylation sites is 5. The van der Waals surface area contributed by atoms with E-state index in [1.165, 1.54) is 32.9 Å². The monoisotopic (exact) mass is 576 g/mol. The Morgan fingerprint density at radius 2 is 1.04 bits per heavy atom. The molecule has 0 saturated heterocycles. The second-order valence-corrected chi connectivity index (χ2v) is 11.4. The fourth-order valence-electron chi connectivity index (χ4n) is 6.76. The Kier molecular flexibility index (Phi) is 5.82. The lowest BCUT2D eigenvalue weighted by atomic mass is 10.0. The number of nitrogens with zero attached hydrogens (tertiary/aromatic N) is 2. The fraction of sp³-hybridized carbons (Fsp3) is 0. The number of furan rings is 1. The number of rotatable bonds is 5. The second-order valence-electron chi connectivity index (χ2n) is 11.4. The minimum Gasteiger partial charge on any atom is -0.456 e. The molecule has 45 heavy (non-hydrogen) atoms. The minimum atomic E-state index is 0.881. The molecule has 0 radical (unpaired) electrons. The Labute approximate surface area is 260 Å². The first-order valence-corrected chi connectivity index (χ1v) is 15.3. The van der Waals surface area contributed by atoms with Crippen molar-refractivity contribution in [1.29, 1.82) is 0 Å². The van der Waals surface area contributed by atoms with Crippen LogP contribution in [0.5, 0.6) is 0 Å². The van der Waals surface area contributed by atoms with E-state index in [0.29, 0.717) is 0 Å². The average Bonchev–Trinajstić information content (AvgIpc) is 3.65. The maximum Gasteiger partial charge on any atom is 0.137 e. The van der Waals surface area contributed by atoms with Crippen LogP contribution >= 0.6 is 0 Å². The maximum absolute atomic E-state index is 6.28. The summed E-state index contributed by atoms with van der Waals surface area (Å²) < 4.78 is 8.67. The lowest BCUT2D eigenvalue weighted by Gasteiger charge is -2.25. The van der Waals surface area contributed by atoms with Crippen LogP contribution in [0.2, 0.25) is 0 Å². The normalized spacial score (nSPS) is 11.6. The average molecular weight is 577 g/mol. The Bertz CT molecular complexity index is 2470. The zero-order valence-corrected chi connectivity index (χ0v) is 24.5. The maximum atomic E-state index is 6.28. The number of benzene rings is 7. The van der Waals surface area contributed by atoms with Gasteiger partial charge < -0.3 is 13.9 Å². The minimum absolute atomic E-state index is 0.881. The van der Waals surface area contributed by atoms with E-state index < -0.39 is 0 Å². The summed E-state index contributed by atoms with van der Waals surface area (Å²) in [6, 6.07) is 60.1. The van der Waals surface area contributed by atoms with Crippen molar-refractivity contribution in [3.05, 3.63) is 170 Å². The standard InChI is InChI=1S/C42H28N2O/c1-3-12-30(13-4-1)43(33-26-27-37-36-17-8-10-21-40(36)45-41(37)28-33)32-24-22-29(23-25-32)34-18-11-19-38-35-16-7-9-20-39(35)44(42(34)38)31-14-5-2-6-15-31/h1-28H. The molecule has 0 aliphatic heterocycles. The van der Waals surface area contributed by atoms with Gasteiger partial charge in [0, 0.05) is 55.9 Å². The van der Waals surface area contributed by atoms with E-state index in [4.69, 9.17) is 4.42 Å². The summed E-state index contributed by atoms with van der Waals surface area (Å²) in [4.78, 5) is 2.29. The third kappa shape index (κ3) is 4.13. The van der Waals surface area contributed by atoms with Gasteiger partial charge in [0.15, 0.2) is 0 Å². The molecule has 0 fully saturated rings. The van der Waals surface area contributed by atoms with Crippen LogP contribution in [0.4, 0.5) is 17.1 Å². The molecule has 0 N–H and O–H groups in total. The largest absolute Gasteiger partial charge is 0.456 e. The van der Waals surface area contributed by atoms with Gasteiger partial charge in [0.25, 0.3) is 0 Å². The van der Waals surface area contributed by atoms with E-state index in [1.54, 1.807) is 0 Å². The summed E-state index contributed by atoms with van der Waals surface area (Å²) in [5, 5.41) is 4.77. The van der Waals surface area contributed by atoms with Gasteiger partial charge in [-0.1, -0.05) is 103 Å². The summed E-state index contributed by atoms with van der Waals surface area (Å²) in [6.07, 6.45) is 0. The molecule has 9 rings (SSSR count). The van der Waals surface area contributed by atoms with Crippen molar-refractivity contribution in [3.63, 3.8) is 0 Å². The van der Waals surface area contributed by atoms with Crippen molar-refractivity contribution < 1.29 is 4.42 Å². The van der Waals surface area contributed by atoms with Gasteiger partial charge in [-0.3, -0.25) is 0 Å². The highest BCUT2D eigenvalue weighted by Crippen LogP contribution is 2.41. The van der Waals surface area contributed by atoms with Crippen molar-refractivity contribution in [2.24, 2.45) is 0 Å². The van der Waals surface area contributed by atoms with Gasteiger partial charge >= 0.3 is 0 Å². The van der Waals surface area contributed by atoms with Gasteiger partial charge in [-0.2, -0.15) is 0 Å². The van der Waals surface area contributed by atoms with Crippen molar-refractivity contribution >= 4 is 60.8 Å². The summed E-state index contributed by atoms with van der Waals surface area (Å²) >= 11 is 0. The van der Waals surface area contributed by atoms with Gasteiger partial charge in [0.05, 0.1) is 11.0 Å². The van der Waals surface area contributed by atoms with Gasteiger partial charge in [0.2, 0.25) is 0 Å². The topological polar surface area (TPSA) is 21.3 Å². The van der Waals surface area contributed by atoms with Crippen LogP contribution < -0.4 is 4.90 Å². The van der Waals surface area contributed by atoms with Crippen molar-refractivity contribution in [3.8, 4) is 16.8 Å². The third-order valence-corrected chi connectivity index (χ3v) is 8.78. The highest BCUT2D eigenvalue weighted by molar-refractivity contribution is 6.14. The summed E-state index contributed by atoms with van der Waals surface area (Å²) in [5.74, 6) is 0. The van der Waals surface area contributed by atoms with E-state index in [-0.39, 0.29) is 0 Å². The first-order chi connectivity index (χ1) is 22.3. The molecule has 0 spiro atoms. The molecule has 3 heteroatoms. The Balaban J connectivity index is 1.20. The van der Waals surface area contributed by atoms with E-state index in [2.05, 4.69) is 167 Å². The first-order valence-electron chi connectivity index (χ1n) is 15.3. The predicted octanol–water partition coefficient (Wildman–Crippen LogP) is 11.8. The molecule has 0 saturated carbocycles. The zero-order valence-electron chi connectivity index (χ0n) is 24.5. The summed E-state index contributed by atoms with van der Waals surface area (Å²) in [6.45, 7) is 0. The van der Waals surface area contributed by atoms with Crippen LogP contribution in [-0.2, 0) is 0 Å². The molecule has 0 bridgehead atoms. The first kappa shape index (κ1) is 25.4. The molecule has 0 aliphatic rings. The molecule has 3 nitrogen and oxygen atoms in total. The number of aromatic nitrogens is 1. The summed E-state index contributed by atoms with van der Waals surface area (Å²) in [7, 11) is 0. The molecule has 0 unspecified atom stereocenters. The van der Waals surface area contributed by atoms with Gasteiger partial charge in [0.1, 0.15) is 11.2 Å².